The molecule has 1 aromatic carbocycles. The molecular formula is C13H15NO4. The largest absolute Gasteiger partial charge is 0.478 e. The van der Waals surface area contributed by atoms with Gasteiger partial charge in [0.25, 0.3) is 0 Å². The second-order valence-electron chi connectivity index (χ2n) is 4.29. The van der Waals surface area contributed by atoms with Crippen LogP contribution < -0.4 is 10.1 Å². The Kier molecular flexibility index (Phi) is 3.94. The van der Waals surface area contributed by atoms with E-state index < -0.39 is 5.97 Å². The zero-order chi connectivity index (χ0) is 13.0. The van der Waals surface area contributed by atoms with E-state index in [0.717, 1.165) is 19.4 Å². The number of ether oxygens (including phenoxy) is 1. The zero-order valence-electron chi connectivity index (χ0n) is 9.89. The number of piperidine rings is 1. The fourth-order valence-corrected chi connectivity index (χ4v) is 1.92. The summed E-state index contributed by atoms with van der Waals surface area (Å²) in [6, 6.07) is 5.84. The van der Waals surface area contributed by atoms with Gasteiger partial charge in [-0.05, 0) is 43.7 Å². The van der Waals surface area contributed by atoms with Crippen molar-refractivity contribution < 1.29 is 19.4 Å². The van der Waals surface area contributed by atoms with E-state index in [1.54, 1.807) is 0 Å². The van der Waals surface area contributed by atoms with Gasteiger partial charge in [-0.25, -0.2) is 4.79 Å². The molecule has 5 nitrogen and oxygen atoms in total. The summed E-state index contributed by atoms with van der Waals surface area (Å²) in [6.45, 7) is 1.59. The monoisotopic (exact) mass is 249 g/mol. The Hall–Kier alpha value is -1.88. The van der Waals surface area contributed by atoms with Gasteiger partial charge in [0.1, 0.15) is 5.75 Å². The average Bonchev–Trinajstić information content (AvgIpc) is 2.40. The van der Waals surface area contributed by atoms with Crippen molar-refractivity contribution >= 4 is 11.9 Å². The van der Waals surface area contributed by atoms with E-state index in [1.165, 1.54) is 24.3 Å². The first-order chi connectivity index (χ1) is 8.66. The molecule has 1 unspecified atom stereocenters. The first kappa shape index (κ1) is 12.6. The lowest BCUT2D eigenvalue weighted by Crippen LogP contribution is -2.36. The van der Waals surface area contributed by atoms with Crippen molar-refractivity contribution in [1.29, 1.82) is 0 Å². The molecule has 1 heterocycles. The van der Waals surface area contributed by atoms with Crippen molar-refractivity contribution in [2.24, 2.45) is 5.92 Å². The van der Waals surface area contributed by atoms with Gasteiger partial charge in [-0.3, -0.25) is 4.79 Å². The smallest absolute Gasteiger partial charge is 0.335 e. The molecule has 96 valence electrons. The summed E-state index contributed by atoms with van der Waals surface area (Å²) in [7, 11) is 0. The van der Waals surface area contributed by atoms with E-state index in [1.807, 2.05) is 0 Å². The van der Waals surface area contributed by atoms with Gasteiger partial charge < -0.3 is 15.2 Å². The molecule has 18 heavy (non-hydrogen) atoms. The highest BCUT2D eigenvalue weighted by atomic mass is 16.5. The molecule has 1 aliphatic rings. The van der Waals surface area contributed by atoms with Crippen LogP contribution in [0.5, 0.6) is 5.75 Å². The molecule has 0 saturated carbocycles. The molecule has 0 radical (unpaired) electrons. The fourth-order valence-electron chi connectivity index (χ4n) is 1.92. The molecule has 0 bridgehead atoms. The number of hydrogen-bond donors (Lipinski definition) is 2. The standard InChI is InChI=1S/C13H15NO4/c15-12(16)9-3-5-11(6-4-9)18-13(17)10-2-1-7-14-8-10/h3-6,10,14H,1-2,7-8H2,(H,15,16). The molecule has 1 aromatic rings. The number of aromatic carboxylic acids is 1. The van der Waals surface area contributed by atoms with Crippen molar-refractivity contribution in [3.05, 3.63) is 29.8 Å². The van der Waals surface area contributed by atoms with E-state index in [2.05, 4.69) is 5.32 Å². The van der Waals surface area contributed by atoms with Gasteiger partial charge in [-0.2, -0.15) is 0 Å². The van der Waals surface area contributed by atoms with Gasteiger partial charge in [-0.1, -0.05) is 0 Å². The highest BCUT2D eigenvalue weighted by molar-refractivity contribution is 5.87. The third-order valence-corrected chi connectivity index (χ3v) is 2.95. The topological polar surface area (TPSA) is 75.6 Å². The van der Waals surface area contributed by atoms with Crippen LogP contribution in [0, 0.1) is 5.92 Å². The molecule has 2 N–H and O–H groups in total. The SMILES string of the molecule is O=C(O)c1ccc(OC(=O)C2CCCNC2)cc1. The first-order valence-corrected chi connectivity index (χ1v) is 5.92. The van der Waals surface area contributed by atoms with Crippen LogP contribution in [0.25, 0.3) is 0 Å². The Labute approximate surface area is 105 Å². The van der Waals surface area contributed by atoms with Gasteiger partial charge in [0, 0.05) is 6.54 Å². The molecule has 1 atom stereocenters. The number of rotatable bonds is 3. The fraction of sp³-hybridized carbons (Fsp3) is 0.385. The zero-order valence-corrected chi connectivity index (χ0v) is 9.89. The third kappa shape index (κ3) is 3.07. The molecule has 0 aliphatic carbocycles. The summed E-state index contributed by atoms with van der Waals surface area (Å²) in [5.41, 5.74) is 0.175. The lowest BCUT2D eigenvalue weighted by molar-refractivity contribution is -0.139. The summed E-state index contributed by atoms with van der Waals surface area (Å²) < 4.78 is 5.22. The normalized spacial score (nSPS) is 19.2. The number of esters is 1. The van der Waals surface area contributed by atoms with E-state index in [-0.39, 0.29) is 17.5 Å². The van der Waals surface area contributed by atoms with Crippen molar-refractivity contribution in [2.75, 3.05) is 13.1 Å². The van der Waals surface area contributed by atoms with Crippen LogP contribution in [0.4, 0.5) is 0 Å². The van der Waals surface area contributed by atoms with Crippen LogP contribution in [-0.4, -0.2) is 30.1 Å². The third-order valence-electron chi connectivity index (χ3n) is 2.95. The van der Waals surface area contributed by atoms with E-state index in [0.29, 0.717) is 12.3 Å². The van der Waals surface area contributed by atoms with Gasteiger partial charge in [0.05, 0.1) is 11.5 Å². The van der Waals surface area contributed by atoms with Crippen LogP contribution in [0.3, 0.4) is 0 Å². The van der Waals surface area contributed by atoms with Gasteiger partial charge in [-0.15, -0.1) is 0 Å². The Balaban J connectivity index is 1.96. The first-order valence-electron chi connectivity index (χ1n) is 5.92. The molecule has 1 fully saturated rings. The van der Waals surface area contributed by atoms with Crippen LogP contribution in [-0.2, 0) is 4.79 Å². The maximum absolute atomic E-state index is 11.8. The Morgan fingerprint density at radius 1 is 1.28 bits per heavy atom. The molecule has 0 amide bonds. The molecule has 1 aliphatic heterocycles. The summed E-state index contributed by atoms with van der Waals surface area (Å²) in [5.74, 6) is -0.983. The van der Waals surface area contributed by atoms with Gasteiger partial charge in [0.15, 0.2) is 0 Å². The lowest BCUT2D eigenvalue weighted by Gasteiger charge is -2.20. The molecular weight excluding hydrogens is 234 g/mol. The van der Waals surface area contributed by atoms with Crippen LogP contribution in [0.1, 0.15) is 23.2 Å². The summed E-state index contributed by atoms with van der Waals surface area (Å²) in [5, 5.41) is 11.9. The van der Waals surface area contributed by atoms with E-state index in [4.69, 9.17) is 9.84 Å². The Morgan fingerprint density at radius 3 is 2.56 bits per heavy atom. The minimum atomic E-state index is -0.996. The number of hydrogen-bond acceptors (Lipinski definition) is 4. The average molecular weight is 249 g/mol. The highest BCUT2D eigenvalue weighted by Gasteiger charge is 2.22. The Morgan fingerprint density at radius 2 is 2.00 bits per heavy atom. The minimum Gasteiger partial charge on any atom is -0.478 e. The predicted molar refractivity (Wildman–Crippen MR) is 64.6 cm³/mol. The molecule has 5 heteroatoms. The Bertz CT molecular complexity index is 435. The van der Waals surface area contributed by atoms with Gasteiger partial charge >= 0.3 is 11.9 Å². The number of carboxylic acids is 1. The van der Waals surface area contributed by atoms with Crippen molar-refractivity contribution in [3.8, 4) is 5.75 Å². The summed E-state index contributed by atoms with van der Waals surface area (Å²) in [6.07, 6.45) is 1.80. The second kappa shape index (κ2) is 5.64. The van der Waals surface area contributed by atoms with Crippen LogP contribution in [0.15, 0.2) is 24.3 Å². The number of carbonyl (C=O) groups excluding carboxylic acids is 1. The maximum atomic E-state index is 11.8. The summed E-state index contributed by atoms with van der Waals surface area (Å²) >= 11 is 0. The van der Waals surface area contributed by atoms with Crippen molar-refractivity contribution in [1.82, 2.24) is 5.32 Å². The van der Waals surface area contributed by atoms with Crippen molar-refractivity contribution in [2.45, 2.75) is 12.8 Å². The molecule has 1 saturated heterocycles. The van der Waals surface area contributed by atoms with Gasteiger partial charge in [0.2, 0.25) is 0 Å². The number of nitrogens with one attached hydrogen (secondary N) is 1. The number of carboxylic acid groups (broad SMARTS) is 1. The number of carbonyl (C=O) groups is 2. The minimum absolute atomic E-state index is 0.113. The van der Waals surface area contributed by atoms with Crippen molar-refractivity contribution in [3.63, 3.8) is 0 Å². The van der Waals surface area contributed by atoms with E-state index in [9.17, 15) is 9.59 Å². The lowest BCUT2D eigenvalue weighted by atomic mass is 10.0. The molecule has 0 spiro atoms. The highest BCUT2D eigenvalue weighted by Crippen LogP contribution is 2.17. The summed E-state index contributed by atoms with van der Waals surface area (Å²) in [4.78, 5) is 22.5. The van der Waals surface area contributed by atoms with Crippen LogP contribution >= 0.6 is 0 Å². The maximum Gasteiger partial charge on any atom is 0.335 e. The quantitative estimate of drug-likeness (QED) is 0.623. The molecule has 0 aromatic heterocycles. The predicted octanol–water partition coefficient (Wildman–Crippen LogP) is 1.29. The second-order valence-corrected chi connectivity index (χ2v) is 4.29. The number of benzene rings is 1. The van der Waals surface area contributed by atoms with Crippen LogP contribution in [0.2, 0.25) is 0 Å². The van der Waals surface area contributed by atoms with E-state index >= 15 is 0 Å². The molecule has 2 rings (SSSR count).